The Morgan fingerprint density at radius 2 is 1.62 bits per heavy atom. The SMILES string of the molecule is NS(=O)(=O)c1ccc(-n2c(-c3ccc(Cl)cc3)nc3c4ccccc4[nH]c32)cc1. The molecule has 0 aliphatic carbocycles. The lowest BCUT2D eigenvalue weighted by molar-refractivity contribution is 0.598. The van der Waals surface area contributed by atoms with Crippen molar-refractivity contribution in [3.63, 3.8) is 0 Å². The highest BCUT2D eigenvalue weighted by Gasteiger charge is 2.19. The highest BCUT2D eigenvalue weighted by molar-refractivity contribution is 7.89. The quantitative estimate of drug-likeness (QED) is 0.449. The number of para-hydroxylation sites is 1. The molecular formula is C21H15ClN4O2S. The van der Waals surface area contributed by atoms with E-state index in [0.717, 1.165) is 39.1 Å². The van der Waals surface area contributed by atoms with E-state index in [1.54, 1.807) is 12.1 Å². The zero-order valence-corrected chi connectivity index (χ0v) is 16.6. The molecule has 2 heterocycles. The summed E-state index contributed by atoms with van der Waals surface area (Å²) in [7, 11) is -3.77. The topological polar surface area (TPSA) is 93.8 Å². The molecule has 0 unspecified atom stereocenters. The van der Waals surface area contributed by atoms with E-state index in [0.29, 0.717) is 5.02 Å². The van der Waals surface area contributed by atoms with E-state index < -0.39 is 10.0 Å². The molecule has 0 aliphatic heterocycles. The number of nitrogens with one attached hydrogen (secondary N) is 1. The fraction of sp³-hybridized carbons (Fsp3) is 0. The minimum Gasteiger partial charge on any atom is -0.339 e. The van der Waals surface area contributed by atoms with Gasteiger partial charge in [0.2, 0.25) is 10.0 Å². The molecule has 29 heavy (non-hydrogen) atoms. The second kappa shape index (κ2) is 6.45. The van der Waals surface area contributed by atoms with Crippen molar-refractivity contribution in [3.05, 3.63) is 77.8 Å². The van der Waals surface area contributed by atoms with Gasteiger partial charge in [0.25, 0.3) is 0 Å². The molecule has 0 spiro atoms. The third kappa shape index (κ3) is 3.00. The number of sulfonamides is 1. The van der Waals surface area contributed by atoms with Crippen LogP contribution in [-0.4, -0.2) is 23.0 Å². The van der Waals surface area contributed by atoms with Crippen LogP contribution in [0.2, 0.25) is 5.02 Å². The molecule has 0 aliphatic rings. The third-order valence-electron chi connectivity index (χ3n) is 4.84. The van der Waals surface area contributed by atoms with Gasteiger partial charge >= 0.3 is 0 Å². The predicted octanol–water partition coefficient (Wildman–Crippen LogP) is 4.47. The summed E-state index contributed by atoms with van der Waals surface area (Å²) >= 11 is 6.05. The fourth-order valence-electron chi connectivity index (χ4n) is 3.48. The van der Waals surface area contributed by atoms with Crippen LogP contribution < -0.4 is 5.14 Å². The van der Waals surface area contributed by atoms with E-state index in [1.807, 2.05) is 53.1 Å². The number of rotatable bonds is 3. The number of nitrogens with zero attached hydrogens (tertiary/aromatic N) is 2. The Kier molecular flexibility index (Phi) is 3.99. The standard InChI is InChI=1S/C21H15ClN4O2S/c22-14-7-5-13(6-8-14)20-25-19-17-3-1-2-4-18(17)24-21(19)26(20)15-9-11-16(12-10-15)29(23,27)28/h1-12,24H,(H2,23,27,28). The lowest BCUT2D eigenvalue weighted by atomic mass is 10.2. The first-order valence-electron chi connectivity index (χ1n) is 8.80. The second-order valence-corrected chi connectivity index (χ2v) is 8.68. The summed E-state index contributed by atoms with van der Waals surface area (Å²) in [5, 5.41) is 6.89. The molecule has 3 aromatic carbocycles. The van der Waals surface area contributed by atoms with E-state index in [9.17, 15) is 8.42 Å². The predicted molar refractivity (Wildman–Crippen MR) is 115 cm³/mol. The van der Waals surface area contributed by atoms with Gasteiger partial charge in [0.05, 0.1) is 4.90 Å². The number of nitrogens with two attached hydrogens (primary N) is 1. The highest BCUT2D eigenvalue weighted by atomic mass is 35.5. The van der Waals surface area contributed by atoms with Crippen LogP contribution in [0.4, 0.5) is 0 Å². The van der Waals surface area contributed by atoms with Crippen LogP contribution in [0.25, 0.3) is 39.1 Å². The molecule has 0 saturated carbocycles. The maximum atomic E-state index is 11.6. The molecule has 5 aromatic rings. The molecule has 0 amide bonds. The van der Waals surface area contributed by atoms with Crippen molar-refractivity contribution < 1.29 is 8.42 Å². The Morgan fingerprint density at radius 1 is 0.931 bits per heavy atom. The molecule has 0 atom stereocenters. The molecule has 0 bridgehead atoms. The smallest absolute Gasteiger partial charge is 0.238 e. The van der Waals surface area contributed by atoms with Gasteiger partial charge in [-0.2, -0.15) is 0 Å². The van der Waals surface area contributed by atoms with E-state index in [2.05, 4.69) is 4.98 Å². The summed E-state index contributed by atoms with van der Waals surface area (Å²) in [4.78, 5) is 8.37. The van der Waals surface area contributed by atoms with Gasteiger partial charge in [-0.15, -0.1) is 0 Å². The monoisotopic (exact) mass is 422 g/mol. The van der Waals surface area contributed by atoms with Crippen molar-refractivity contribution in [1.82, 2.24) is 14.5 Å². The van der Waals surface area contributed by atoms with Crippen LogP contribution in [-0.2, 0) is 10.0 Å². The second-order valence-electron chi connectivity index (χ2n) is 6.68. The molecule has 2 aromatic heterocycles. The summed E-state index contributed by atoms with van der Waals surface area (Å²) in [6, 6.07) is 21.8. The van der Waals surface area contributed by atoms with Gasteiger partial charge in [-0.3, -0.25) is 4.57 Å². The number of imidazole rings is 1. The van der Waals surface area contributed by atoms with Gasteiger partial charge in [-0.05, 0) is 54.6 Å². The molecule has 5 rings (SSSR count). The third-order valence-corrected chi connectivity index (χ3v) is 6.02. The number of aromatic amines is 1. The number of hydrogen-bond acceptors (Lipinski definition) is 3. The number of primary sulfonamides is 1. The first-order chi connectivity index (χ1) is 13.9. The van der Waals surface area contributed by atoms with Crippen molar-refractivity contribution in [2.45, 2.75) is 4.90 Å². The molecule has 6 nitrogen and oxygen atoms in total. The van der Waals surface area contributed by atoms with Gasteiger partial charge in [0, 0.05) is 27.2 Å². The van der Waals surface area contributed by atoms with Gasteiger partial charge in [-0.1, -0.05) is 29.8 Å². The lowest BCUT2D eigenvalue weighted by Crippen LogP contribution is -2.12. The van der Waals surface area contributed by atoms with Gasteiger partial charge < -0.3 is 4.98 Å². The zero-order valence-electron chi connectivity index (χ0n) is 15.0. The van der Waals surface area contributed by atoms with Crippen LogP contribution in [0.5, 0.6) is 0 Å². The minimum atomic E-state index is -3.77. The van der Waals surface area contributed by atoms with Gasteiger partial charge in [0.1, 0.15) is 17.0 Å². The van der Waals surface area contributed by atoms with Gasteiger partial charge in [0.15, 0.2) is 0 Å². The van der Waals surface area contributed by atoms with E-state index in [-0.39, 0.29) is 4.90 Å². The van der Waals surface area contributed by atoms with Crippen LogP contribution in [0.1, 0.15) is 0 Å². The largest absolute Gasteiger partial charge is 0.339 e. The average Bonchev–Trinajstić information content (AvgIpc) is 3.24. The van der Waals surface area contributed by atoms with E-state index in [1.165, 1.54) is 12.1 Å². The van der Waals surface area contributed by atoms with E-state index in [4.69, 9.17) is 21.7 Å². The minimum absolute atomic E-state index is 0.0577. The van der Waals surface area contributed by atoms with Crippen LogP contribution in [0.3, 0.4) is 0 Å². The maximum Gasteiger partial charge on any atom is 0.238 e. The van der Waals surface area contributed by atoms with Crippen molar-refractivity contribution in [1.29, 1.82) is 0 Å². The summed E-state index contributed by atoms with van der Waals surface area (Å²) in [6.07, 6.45) is 0. The first kappa shape index (κ1) is 17.9. The summed E-state index contributed by atoms with van der Waals surface area (Å²) < 4.78 is 25.2. The average molecular weight is 423 g/mol. The highest BCUT2D eigenvalue weighted by Crippen LogP contribution is 2.33. The number of hydrogen-bond donors (Lipinski definition) is 2. The van der Waals surface area contributed by atoms with Crippen molar-refractivity contribution in [3.8, 4) is 17.1 Å². The Labute approximate surface area is 171 Å². The number of fused-ring (bicyclic) bond motifs is 3. The molecule has 144 valence electrons. The Bertz CT molecular complexity index is 1470. The summed E-state index contributed by atoms with van der Waals surface area (Å²) in [5.41, 5.74) is 4.28. The van der Waals surface area contributed by atoms with Crippen molar-refractivity contribution >= 4 is 43.7 Å². The van der Waals surface area contributed by atoms with Crippen molar-refractivity contribution in [2.24, 2.45) is 5.14 Å². The number of aromatic nitrogens is 3. The molecule has 0 saturated heterocycles. The van der Waals surface area contributed by atoms with Crippen LogP contribution >= 0.6 is 11.6 Å². The Morgan fingerprint density at radius 3 is 2.31 bits per heavy atom. The maximum absolute atomic E-state index is 11.6. The molecule has 0 fully saturated rings. The van der Waals surface area contributed by atoms with Gasteiger partial charge in [-0.25, -0.2) is 18.5 Å². The molecular weight excluding hydrogens is 408 g/mol. The zero-order chi connectivity index (χ0) is 20.2. The molecule has 3 N–H and O–H groups in total. The number of H-pyrrole nitrogens is 1. The molecule has 8 heteroatoms. The summed E-state index contributed by atoms with van der Waals surface area (Å²) in [6.45, 7) is 0. The number of benzene rings is 3. The Hall–Kier alpha value is -3.13. The van der Waals surface area contributed by atoms with E-state index >= 15 is 0 Å². The van der Waals surface area contributed by atoms with Crippen LogP contribution in [0, 0.1) is 0 Å². The Balaban J connectivity index is 1.81. The van der Waals surface area contributed by atoms with Crippen LogP contribution in [0.15, 0.2) is 77.7 Å². The molecule has 0 radical (unpaired) electrons. The van der Waals surface area contributed by atoms with Crippen molar-refractivity contribution in [2.75, 3.05) is 0 Å². The summed E-state index contributed by atoms with van der Waals surface area (Å²) in [5.74, 6) is 0.719. The first-order valence-corrected chi connectivity index (χ1v) is 10.7. The lowest BCUT2D eigenvalue weighted by Gasteiger charge is -2.10. The normalized spacial score (nSPS) is 12.1. The number of halogens is 1. The fourth-order valence-corrected chi connectivity index (χ4v) is 4.12.